The molecule has 0 saturated carbocycles. The van der Waals surface area contributed by atoms with Gasteiger partial charge in [0.1, 0.15) is 0 Å². The zero-order valence-electron chi connectivity index (χ0n) is 11.6. The van der Waals surface area contributed by atoms with Gasteiger partial charge in [-0.15, -0.1) is 0 Å². The van der Waals surface area contributed by atoms with E-state index in [1.807, 2.05) is 0 Å². The molecule has 0 spiro atoms. The number of nitro benzene ring substituents is 2. The van der Waals surface area contributed by atoms with Gasteiger partial charge in [-0.1, -0.05) is 31.9 Å². The molecule has 0 heterocycles. The van der Waals surface area contributed by atoms with E-state index in [0.29, 0.717) is 20.1 Å². The molecule has 7 nitrogen and oxygen atoms in total. The zero-order chi connectivity index (χ0) is 17.0. The Bertz CT molecular complexity index is 703. The molecule has 0 aliphatic carbocycles. The lowest BCUT2D eigenvalue weighted by atomic mass is 10.2. The van der Waals surface area contributed by atoms with Crippen LogP contribution in [0.4, 0.5) is 11.4 Å². The standard InChI is InChI=1S/C14H10Br2N2O5/c15-11-1-3-13(17(19)20)9(5-11)7-23-8-10-6-12(16)2-4-14(10)18(21)22/h1-6H,7-8H2. The van der Waals surface area contributed by atoms with Gasteiger partial charge >= 0.3 is 0 Å². The van der Waals surface area contributed by atoms with Crippen LogP contribution in [0.15, 0.2) is 45.3 Å². The van der Waals surface area contributed by atoms with Crippen LogP contribution < -0.4 is 0 Å². The first kappa shape index (κ1) is 17.5. The minimum absolute atomic E-state index is 0.0284. The highest BCUT2D eigenvalue weighted by atomic mass is 79.9. The van der Waals surface area contributed by atoms with E-state index in [4.69, 9.17) is 4.74 Å². The van der Waals surface area contributed by atoms with Gasteiger partial charge in [0.2, 0.25) is 0 Å². The Labute approximate surface area is 147 Å². The molecule has 0 radical (unpaired) electrons. The lowest BCUT2D eigenvalue weighted by Gasteiger charge is -2.07. The summed E-state index contributed by atoms with van der Waals surface area (Å²) in [6, 6.07) is 9.08. The first-order chi connectivity index (χ1) is 10.9. The highest BCUT2D eigenvalue weighted by Gasteiger charge is 2.16. The Hall–Kier alpha value is -1.84. The SMILES string of the molecule is O=[N+]([O-])c1ccc(Br)cc1COCc1cc(Br)ccc1[N+](=O)[O-]. The summed E-state index contributed by atoms with van der Waals surface area (Å²) in [5.41, 5.74) is 0.665. The van der Waals surface area contributed by atoms with E-state index >= 15 is 0 Å². The number of halogens is 2. The van der Waals surface area contributed by atoms with E-state index in [2.05, 4.69) is 31.9 Å². The lowest BCUT2D eigenvalue weighted by Crippen LogP contribution is -2.01. The fourth-order valence-corrected chi connectivity index (χ4v) is 2.78. The Morgan fingerprint density at radius 2 is 1.22 bits per heavy atom. The topological polar surface area (TPSA) is 95.5 Å². The average Bonchev–Trinajstić information content (AvgIpc) is 2.46. The summed E-state index contributed by atoms with van der Waals surface area (Å²) in [6.45, 7) is -0.0567. The van der Waals surface area contributed by atoms with Crippen LogP contribution in [-0.2, 0) is 18.0 Å². The summed E-state index contributed by atoms with van der Waals surface area (Å²) in [6.07, 6.45) is 0. The average molecular weight is 446 g/mol. The minimum Gasteiger partial charge on any atom is -0.372 e. The molecule has 2 aromatic carbocycles. The Morgan fingerprint density at radius 1 is 0.826 bits per heavy atom. The Morgan fingerprint density at radius 3 is 1.57 bits per heavy atom. The van der Waals surface area contributed by atoms with Crippen molar-refractivity contribution in [3.8, 4) is 0 Å². The normalized spacial score (nSPS) is 10.5. The van der Waals surface area contributed by atoms with Crippen molar-refractivity contribution in [2.45, 2.75) is 13.2 Å². The van der Waals surface area contributed by atoms with Crippen molar-refractivity contribution in [1.82, 2.24) is 0 Å². The summed E-state index contributed by atoms with van der Waals surface area (Å²) < 4.78 is 6.83. The molecular formula is C14H10Br2N2O5. The van der Waals surface area contributed by atoms with Crippen molar-refractivity contribution in [3.63, 3.8) is 0 Å². The monoisotopic (exact) mass is 444 g/mol. The first-order valence-corrected chi connectivity index (χ1v) is 7.90. The van der Waals surface area contributed by atoms with E-state index in [1.54, 1.807) is 24.3 Å². The number of hydrogen-bond acceptors (Lipinski definition) is 5. The summed E-state index contributed by atoms with van der Waals surface area (Å²) >= 11 is 6.50. The third-order valence-corrected chi connectivity index (χ3v) is 3.98. The van der Waals surface area contributed by atoms with Crippen LogP contribution in [0.1, 0.15) is 11.1 Å². The summed E-state index contributed by atoms with van der Waals surface area (Å²) in [5, 5.41) is 22.0. The van der Waals surface area contributed by atoms with Crippen molar-refractivity contribution in [2.24, 2.45) is 0 Å². The molecule has 0 aliphatic rings. The fourth-order valence-electron chi connectivity index (χ4n) is 1.97. The van der Waals surface area contributed by atoms with Crippen LogP contribution in [0.2, 0.25) is 0 Å². The fraction of sp³-hybridized carbons (Fsp3) is 0.143. The minimum atomic E-state index is -0.493. The van der Waals surface area contributed by atoms with E-state index in [9.17, 15) is 20.2 Å². The Balaban J connectivity index is 2.15. The van der Waals surface area contributed by atoms with Crippen molar-refractivity contribution < 1.29 is 14.6 Å². The van der Waals surface area contributed by atoms with Gasteiger partial charge in [-0.05, 0) is 24.3 Å². The van der Waals surface area contributed by atoms with Crippen LogP contribution in [0.3, 0.4) is 0 Å². The molecule has 0 aliphatic heterocycles. The van der Waals surface area contributed by atoms with Gasteiger partial charge in [-0.25, -0.2) is 0 Å². The first-order valence-electron chi connectivity index (χ1n) is 6.32. The van der Waals surface area contributed by atoms with Crippen LogP contribution >= 0.6 is 31.9 Å². The third-order valence-electron chi connectivity index (χ3n) is 2.99. The summed E-state index contributed by atoms with van der Waals surface area (Å²) in [5.74, 6) is 0. The zero-order valence-corrected chi connectivity index (χ0v) is 14.7. The predicted octanol–water partition coefficient (Wildman–Crippen LogP) is 4.74. The smallest absolute Gasteiger partial charge is 0.274 e. The second-order valence-corrected chi connectivity index (χ2v) is 6.38. The van der Waals surface area contributed by atoms with E-state index in [0.717, 1.165) is 0 Å². The maximum Gasteiger partial charge on any atom is 0.274 e. The van der Waals surface area contributed by atoms with Crippen LogP contribution in [0.25, 0.3) is 0 Å². The van der Waals surface area contributed by atoms with Crippen LogP contribution in [0.5, 0.6) is 0 Å². The molecule has 0 atom stereocenters. The molecular weight excluding hydrogens is 436 g/mol. The third kappa shape index (κ3) is 4.57. The van der Waals surface area contributed by atoms with Gasteiger partial charge < -0.3 is 4.74 Å². The Kier molecular flexibility index (Phi) is 5.80. The maximum atomic E-state index is 11.0. The van der Waals surface area contributed by atoms with Crippen molar-refractivity contribution in [2.75, 3.05) is 0 Å². The van der Waals surface area contributed by atoms with Gasteiger partial charge in [0.25, 0.3) is 11.4 Å². The molecule has 0 amide bonds. The van der Waals surface area contributed by atoms with Crippen molar-refractivity contribution in [3.05, 3.63) is 76.7 Å². The number of hydrogen-bond donors (Lipinski definition) is 0. The quantitative estimate of drug-likeness (QED) is 0.472. The van der Waals surface area contributed by atoms with Crippen molar-refractivity contribution >= 4 is 43.2 Å². The molecule has 2 aromatic rings. The molecule has 0 aromatic heterocycles. The molecule has 120 valence electrons. The maximum absolute atomic E-state index is 11.0. The number of rotatable bonds is 6. The van der Waals surface area contributed by atoms with E-state index < -0.39 is 9.85 Å². The van der Waals surface area contributed by atoms with Gasteiger partial charge in [0.15, 0.2) is 0 Å². The van der Waals surface area contributed by atoms with Crippen molar-refractivity contribution in [1.29, 1.82) is 0 Å². The molecule has 0 unspecified atom stereocenters. The lowest BCUT2D eigenvalue weighted by molar-refractivity contribution is -0.386. The predicted molar refractivity (Wildman–Crippen MR) is 90.1 cm³/mol. The molecule has 23 heavy (non-hydrogen) atoms. The number of nitro groups is 2. The summed E-state index contributed by atoms with van der Waals surface area (Å²) in [4.78, 5) is 21.0. The van der Waals surface area contributed by atoms with E-state index in [1.165, 1.54) is 12.1 Å². The second kappa shape index (κ2) is 7.62. The molecule has 9 heteroatoms. The molecule has 0 bridgehead atoms. The van der Waals surface area contributed by atoms with Gasteiger partial charge in [-0.3, -0.25) is 20.2 Å². The van der Waals surface area contributed by atoms with E-state index in [-0.39, 0.29) is 24.6 Å². The molecule has 0 saturated heterocycles. The second-order valence-electron chi connectivity index (χ2n) is 4.55. The summed E-state index contributed by atoms with van der Waals surface area (Å²) in [7, 11) is 0. The molecule has 0 fully saturated rings. The number of nitrogens with zero attached hydrogens (tertiary/aromatic N) is 2. The number of ether oxygens (including phenoxy) is 1. The van der Waals surface area contributed by atoms with Gasteiger partial charge in [0.05, 0.1) is 34.2 Å². The van der Waals surface area contributed by atoms with Crippen LogP contribution in [-0.4, -0.2) is 9.85 Å². The number of benzene rings is 2. The molecule has 0 N–H and O–H groups in total. The van der Waals surface area contributed by atoms with Gasteiger partial charge in [-0.2, -0.15) is 0 Å². The highest BCUT2D eigenvalue weighted by Crippen LogP contribution is 2.26. The molecule has 2 rings (SSSR count). The highest BCUT2D eigenvalue weighted by molar-refractivity contribution is 9.10. The van der Waals surface area contributed by atoms with Gasteiger partial charge in [0, 0.05) is 21.1 Å². The van der Waals surface area contributed by atoms with Crippen LogP contribution in [0, 0.1) is 20.2 Å². The largest absolute Gasteiger partial charge is 0.372 e.